The molecule has 0 fully saturated rings. The molecule has 0 saturated carbocycles. The summed E-state index contributed by atoms with van der Waals surface area (Å²) < 4.78 is 28.1. The molecule has 0 atom stereocenters. The fourth-order valence-electron chi connectivity index (χ4n) is 1.84. The summed E-state index contributed by atoms with van der Waals surface area (Å²) in [7, 11) is 1.85. The van der Waals surface area contributed by atoms with Crippen molar-refractivity contribution in [2.24, 2.45) is 7.05 Å². The topological polar surface area (TPSA) is 29.9 Å². The molecule has 5 heteroatoms. The van der Waals surface area contributed by atoms with Crippen molar-refractivity contribution in [2.45, 2.75) is 20.0 Å². The maximum Gasteiger partial charge on any atom is 0.163 e. The minimum Gasteiger partial charge on any atom is -0.308 e. The monoisotopic (exact) mass is 251 g/mol. The third-order valence-corrected chi connectivity index (χ3v) is 2.78. The Hall–Kier alpha value is -1.75. The summed E-state index contributed by atoms with van der Waals surface area (Å²) >= 11 is 0. The van der Waals surface area contributed by atoms with Crippen molar-refractivity contribution in [1.82, 2.24) is 15.1 Å². The first-order valence-electron chi connectivity index (χ1n) is 5.70. The van der Waals surface area contributed by atoms with Crippen molar-refractivity contribution >= 4 is 0 Å². The summed E-state index contributed by atoms with van der Waals surface area (Å²) in [5.41, 5.74) is 2.32. The molecule has 1 aromatic heterocycles. The first-order valence-corrected chi connectivity index (χ1v) is 5.70. The number of rotatable bonds is 4. The van der Waals surface area contributed by atoms with Crippen LogP contribution in [0.2, 0.25) is 0 Å². The molecule has 1 heterocycles. The summed E-state index contributed by atoms with van der Waals surface area (Å²) in [6.45, 7) is 2.79. The van der Waals surface area contributed by atoms with E-state index >= 15 is 0 Å². The lowest BCUT2D eigenvalue weighted by molar-refractivity contribution is 0.492. The van der Waals surface area contributed by atoms with E-state index in [9.17, 15) is 8.78 Å². The largest absolute Gasteiger partial charge is 0.308 e. The Morgan fingerprint density at radius 1 is 1.22 bits per heavy atom. The van der Waals surface area contributed by atoms with Crippen LogP contribution in [0.4, 0.5) is 8.78 Å². The van der Waals surface area contributed by atoms with Gasteiger partial charge in [0.15, 0.2) is 11.6 Å². The standard InChI is InChI=1S/C13H15F2N3/c1-9-11(8-18(2)17-9)7-16-6-10-4-3-5-12(14)13(10)15/h3-5,8,16H,6-7H2,1-2H3. The Morgan fingerprint density at radius 2 is 1.94 bits per heavy atom. The van der Waals surface area contributed by atoms with Crippen molar-refractivity contribution in [2.75, 3.05) is 0 Å². The Bertz CT molecular complexity index is 549. The van der Waals surface area contributed by atoms with E-state index in [0.29, 0.717) is 12.1 Å². The number of halogens is 2. The van der Waals surface area contributed by atoms with Gasteiger partial charge in [-0.25, -0.2) is 8.78 Å². The molecule has 0 bridgehead atoms. The summed E-state index contributed by atoms with van der Waals surface area (Å²) in [4.78, 5) is 0. The lowest BCUT2D eigenvalue weighted by Gasteiger charge is -2.05. The normalized spacial score (nSPS) is 10.9. The van der Waals surface area contributed by atoms with Gasteiger partial charge in [-0.1, -0.05) is 12.1 Å². The van der Waals surface area contributed by atoms with Gasteiger partial charge in [0, 0.05) is 37.5 Å². The highest BCUT2D eigenvalue weighted by Gasteiger charge is 2.07. The SMILES string of the molecule is Cc1nn(C)cc1CNCc1cccc(F)c1F. The van der Waals surface area contributed by atoms with Gasteiger partial charge in [0.25, 0.3) is 0 Å². The molecule has 3 nitrogen and oxygen atoms in total. The van der Waals surface area contributed by atoms with E-state index in [1.54, 1.807) is 10.7 Å². The van der Waals surface area contributed by atoms with Crippen LogP contribution < -0.4 is 5.32 Å². The van der Waals surface area contributed by atoms with Crippen LogP contribution >= 0.6 is 0 Å². The summed E-state index contributed by atoms with van der Waals surface area (Å²) in [6.07, 6.45) is 1.91. The number of aromatic nitrogens is 2. The Balaban J connectivity index is 1.96. The maximum atomic E-state index is 13.4. The summed E-state index contributed by atoms with van der Waals surface area (Å²) in [5.74, 6) is -1.60. The van der Waals surface area contributed by atoms with Gasteiger partial charge < -0.3 is 5.32 Å². The number of nitrogens with zero attached hydrogens (tertiary/aromatic N) is 2. The van der Waals surface area contributed by atoms with Gasteiger partial charge in [-0.15, -0.1) is 0 Å². The molecule has 0 aliphatic heterocycles. The minimum atomic E-state index is -0.813. The average molecular weight is 251 g/mol. The van der Waals surface area contributed by atoms with Crippen molar-refractivity contribution in [3.63, 3.8) is 0 Å². The zero-order valence-electron chi connectivity index (χ0n) is 10.4. The van der Waals surface area contributed by atoms with Crippen LogP contribution in [0, 0.1) is 18.6 Å². The molecule has 1 N–H and O–H groups in total. The van der Waals surface area contributed by atoms with Crippen molar-refractivity contribution in [3.05, 3.63) is 52.9 Å². The maximum absolute atomic E-state index is 13.4. The zero-order valence-corrected chi connectivity index (χ0v) is 10.4. The van der Waals surface area contributed by atoms with E-state index in [4.69, 9.17) is 0 Å². The molecule has 0 unspecified atom stereocenters. The number of hydrogen-bond donors (Lipinski definition) is 1. The molecule has 0 radical (unpaired) electrons. The molecule has 18 heavy (non-hydrogen) atoms. The van der Waals surface area contributed by atoms with E-state index in [1.807, 2.05) is 20.2 Å². The van der Waals surface area contributed by atoms with E-state index in [-0.39, 0.29) is 6.54 Å². The fraction of sp³-hybridized carbons (Fsp3) is 0.308. The van der Waals surface area contributed by atoms with Crippen LogP contribution in [0.15, 0.2) is 24.4 Å². The van der Waals surface area contributed by atoms with Crippen LogP contribution in [0.25, 0.3) is 0 Å². The first-order chi connectivity index (χ1) is 8.58. The van der Waals surface area contributed by atoms with Crippen LogP contribution in [-0.2, 0) is 20.1 Å². The predicted octanol–water partition coefficient (Wildman–Crippen LogP) is 2.30. The van der Waals surface area contributed by atoms with Gasteiger partial charge in [0.05, 0.1) is 5.69 Å². The third-order valence-electron chi connectivity index (χ3n) is 2.78. The Morgan fingerprint density at radius 3 is 2.61 bits per heavy atom. The van der Waals surface area contributed by atoms with Gasteiger partial charge in [-0.2, -0.15) is 5.10 Å². The van der Waals surface area contributed by atoms with Crippen LogP contribution in [0.5, 0.6) is 0 Å². The number of hydrogen-bond acceptors (Lipinski definition) is 2. The molecule has 0 spiro atoms. The molecule has 0 amide bonds. The smallest absolute Gasteiger partial charge is 0.163 e. The molecule has 2 aromatic rings. The van der Waals surface area contributed by atoms with E-state index in [1.165, 1.54) is 6.07 Å². The highest BCUT2D eigenvalue weighted by atomic mass is 19.2. The molecule has 96 valence electrons. The quantitative estimate of drug-likeness (QED) is 0.903. The van der Waals surface area contributed by atoms with Gasteiger partial charge in [-0.05, 0) is 13.0 Å². The lowest BCUT2D eigenvalue weighted by Crippen LogP contribution is -2.14. The van der Waals surface area contributed by atoms with Crippen molar-refractivity contribution < 1.29 is 8.78 Å². The van der Waals surface area contributed by atoms with E-state index in [0.717, 1.165) is 17.3 Å². The number of nitrogens with one attached hydrogen (secondary N) is 1. The fourth-order valence-corrected chi connectivity index (χ4v) is 1.84. The van der Waals surface area contributed by atoms with Crippen molar-refractivity contribution in [3.8, 4) is 0 Å². The van der Waals surface area contributed by atoms with Gasteiger partial charge in [-0.3, -0.25) is 4.68 Å². The molecule has 2 rings (SSSR count). The Labute approximate surface area is 104 Å². The number of aryl methyl sites for hydroxylation is 2. The highest BCUT2D eigenvalue weighted by molar-refractivity contribution is 5.19. The lowest BCUT2D eigenvalue weighted by atomic mass is 10.2. The highest BCUT2D eigenvalue weighted by Crippen LogP contribution is 2.11. The van der Waals surface area contributed by atoms with Gasteiger partial charge in [0.2, 0.25) is 0 Å². The zero-order chi connectivity index (χ0) is 13.1. The molecular formula is C13H15F2N3. The third kappa shape index (κ3) is 2.73. The first kappa shape index (κ1) is 12.7. The van der Waals surface area contributed by atoms with Gasteiger partial charge >= 0.3 is 0 Å². The molecular weight excluding hydrogens is 236 g/mol. The van der Waals surface area contributed by atoms with E-state index in [2.05, 4.69) is 10.4 Å². The van der Waals surface area contributed by atoms with Crippen LogP contribution in [-0.4, -0.2) is 9.78 Å². The average Bonchev–Trinajstić information content (AvgIpc) is 2.63. The molecule has 1 aromatic carbocycles. The summed E-state index contributed by atoms with van der Waals surface area (Å²) in [6, 6.07) is 4.19. The minimum absolute atomic E-state index is 0.290. The van der Waals surface area contributed by atoms with Crippen LogP contribution in [0.3, 0.4) is 0 Å². The summed E-state index contributed by atoms with van der Waals surface area (Å²) in [5, 5.41) is 7.29. The van der Waals surface area contributed by atoms with Crippen molar-refractivity contribution in [1.29, 1.82) is 0 Å². The second-order valence-corrected chi connectivity index (χ2v) is 4.23. The van der Waals surface area contributed by atoms with Gasteiger partial charge in [0.1, 0.15) is 0 Å². The molecule has 0 saturated heterocycles. The van der Waals surface area contributed by atoms with Crippen LogP contribution in [0.1, 0.15) is 16.8 Å². The second-order valence-electron chi connectivity index (χ2n) is 4.23. The second kappa shape index (κ2) is 5.27. The molecule has 0 aliphatic carbocycles. The predicted molar refractivity (Wildman–Crippen MR) is 64.8 cm³/mol. The Kier molecular flexibility index (Phi) is 3.72. The van der Waals surface area contributed by atoms with E-state index < -0.39 is 11.6 Å². The number of benzene rings is 1. The molecule has 0 aliphatic rings.